The Hall–Kier alpha value is -2.17. The third kappa shape index (κ3) is 3.12. The summed E-state index contributed by atoms with van der Waals surface area (Å²) < 4.78 is 18.9. The number of benzene rings is 1. The molecule has 0 bridgehead atoms. The van der Waals surface area contributed by atoms with Gasteiger partial charge in [0.15, 0.2) is 0 Å². The van der Waals surface area contributed by atoms with Crippen LogP contribution < -0.4 is 0 Å². The molecule has 2 aromatic rings. The van der Waals surface area contributed by atoms with Crippen LogP contribution in [0, 0.1) is 19.7 Å². The second-order valence-corrected chi connectivity index (χ2v) is 5.18. The Morgan fingerprint density at radius 2 is 2.05 bits per heavy atom. The predicted octanol–water partition coefficient (Wildman–Crippen LogP) is 3.19. The van der Waals surface area contributed by atoms with Gasteiger partial charge in [0, 0.05) is 18.2 Å². The Morgan fingerprint density at radius 1 is 1.38 bits per heavy atom. The summed E-state index contributed by atoms with van der Waals surface area (Å²) in [5.74, 6) is 0.245. The molecule has 0 saturated heterocycles. The maximum atomic E-state index is 13.8. The Kier molecular flexibility index (Phi) is 4.40. The van der Waals surface area contributed by atoms with Gasteiger partial charge in [0.05, 0.1) is 18.2 Å². The van der Waals surface area contributed by atoms with Gasteiger partial charge in [-0.25, -0.2) is 4.39 Å². The van der Waals surface area contributed by atoms with E-state index >= 15 is 0 Å². The Labute approximate surface area is 123 Å². The highest BCUT2D eigenvalue weighted by molar-refractivity contribution is 5.79. The quantitative estimate of drug-likeness (QED) is 0.868. The lowest BCUT2D eigenvalue weighted by molar-refractivity contribution is -0.131. The van der Waals surface area contributed by atoms with Gasteiger partial charge in [-0.05, 0) is 26.8 Å². The number of carbonyl (C=O) groups is 1. The normalized spacial score (nSPS) is 12.2. The van der Waals surface area contributed by atoms with Crippen molar-refractivity contribution in [2.75, 3.05) is 7.05 Å². The summed E-state index contributed by atoms with van der Waals surface area (Å²) in [6.07, 6.45) is 0.205. The molecule has 1 atom stereocenters. The van der Waals surface area contributed by atoms with Crippen molar-refractivity contribution in [1.29, 1.82) is 0 Å². The van der Waals surface area contributed by atoms with Crippen LogP contribution in [0.5, 0.6) is 0 Å². The summed E-state index contributed by atoms with van der Waals surface area (Å²) >= 11 is 0. The molecule has 0 aliphatic rings. The number of rotatable bonds is 4. The summed E-state index contributed by atoms with van der Waals surface area (Å²) in [5, 5.41) is 3.84. The molecule has 0 N–H and O–H groups in total. The lowest BCUT2D eigenvalue weighted by atomic mass is 10.0. The Morgan fingerprint density at radius 3 is 2.62 bits per heavy atom. The van der Waals surface area contributed by atoms with Crippen LogP contribution in [0.1, 0.15) is 35.5 Å². The molecule has 0 fully saturated rings. The molecule has 4 nitrogen and oxygen atoms in total. The Balaban J connectivity index is 2.14. The van der Waals surface area contributed by atoms with Crippen molar-refractivity contribution in [3.63, 3.8) is 0 Å². The average Bonchev–Trinajstić information content (AvgIpc) is 2.78. The molecule has 1 amide bonds. The third-order valence-electron chi connectivity index (χ3n) is 3.84. The lowest BCUT2D eigenvalue weighted by Crippen LogP contribution is -2.31. The second kappa shape index (κ2) is 6.08. The van der Waals surface area contributed by atoms with Crippen molar-refractivity contribution in [1.82, 2.24) is 10.1 Å². The number of carbonyl (C=O) groups excluding carboxylic acids is 1. The molecule has 112 valence electrons. The first-order chi connectivity index (χ1) is 9.91. The van der Waals surface area contributed by atoms with Crippen molar-refractivity contribution in [2.45, 2.75) is 33.2 Å². The first kappa shape index (κ1) is 15.2. The van der Waals surface area contributed by atoms with Crippen molar-refractivity contribution in [3.05, 3.63) is 52.7 Å². The van der Waals surface area contributed by atoms with Crippen molar-refractivity contribution in [2.24, 2.45) is 0 Å². The number of nitrogens with zero attached hydrogens (tertiary/aromatic N) is 2. The van der Waals surface area contributed by atoms with Crippen LogP contribution in [0.15, 0.2) is 28.8 Å². The number of aromatic nitrogens is 1. The number of halogens is 1. The van der Waals surface area contributed by atoms with Gasteiger partial charge in [0.2, 0.25) is 5.91 Å². The first-order valence-electron chi connectivity index (χ1n) is 6.83. The molecule has 1 unspecified atom stereocenters. The van der Waals surface area contributed by atoms with E-state index in [9.17, 15) is 9.18 Å². The Bertz CT molecular complexity index is 632. The lowest BCUT2D eigenvalue weighted by Gasteiger charge is -2.25. The summed E-state index contributed by atoms with van der Waals surface area (Å²) in [4.78, 5) is 13.9. The van der Waals surface area contributed by atoms with Crippen LogP contribution >= 0.6 is 0 Å². The zero-order valence-corrected chi connectivity index (χ0v) is 12.7. The smallest absolute Gasteiger partial charge is 0.227 e. The maximum Gasteiger partial charge on any atom is 0.227 e. The van der Waals surface area contributed by atoms with Crippen LogP contribution in [0.25, 0.3) is 0 Å². The minimum absolute atomic E-state index is 0.0971. The molecule has 0 aliphatic heterocycles. The van der Waals surface area contributed by atoms with E-state index in [1.165, 1.54) is 6.07 Å². The highest BCUT2D eigenvalue weighted by atomic mass is 19.1. The highest BCUT2D eigenvalue weighted by Gasteiger charge is 2.22. The van der Waals surface area contributed by atoms with Crippen LogP contribution in [-0.2, 0) is 11.2 Å². The van der Waals surface area contributed by atoms with E-state index in [-0.39, 0.29) is 24.2 Å². The van der Waals surface area contributed by atoms with Gasteiger partial charge in [-0.3, -0.25) is 4.79 Å². The molecule has 1 aromatic carbocycles. The number of hydrogen-bond acceptors (Lipinski definition) is 3. The van der Waals surface area contributed by atoms with Crippen LogP contribution in [0.4, 0.5) is 4.39 Å². The molecule has 1 aromatic heterocycles. The molecule has 21 heavy (non-hydrogen) atoms. The van der Waals surface area contributed by atoms with E-state index in [1.807, 2.05) is 6.92 Å². The second-order valence-electron chi connectivity index (χ2n) is 5.18. The summed E-state index contributed by atoms with van der Waals surface area (Å²) in [5.41, 5.74) is 2.02. The van der Waals surface area contributed by atoms with Crippen LogP contribution in [0.2, 0.25) is 0 Å². The van der Waals surface area contributed by atoms with Crippen molar-refractivity contribution in [3.8, 4) is 0 Å². The van der Waals surface area contributed by atoms with E-state index in [4.69, 9.17) is 4.52 Å². The van der Waals surface area contributed by atoms with Crippen molar-refractivity contribution >= 4 is 5.91 Å². The van der Waals surface area contributed by atoms with Gasteiger partial charge in [-0.1, -0.05) is 23.4 Å². The fraction of sp³-hybridized carbons (Fsp3) is 0.375. The molecule has 2 rings (SSSR count). The fourth-order valence-corrected chi connectivity index (χ4v) is 2.27. The largest absolute Gasteiger partial charge is 0.361 e. The third-order valence-corrected chi connectivity index (χ3v) is 3.84. The number of amides is 1. The van der Waals surface area contributed by atoms with Gasteiger partial charge in [0.1, 0.15) is 11.6 Å². The molecule has 5 heteroatoms. The van der Waals surface area contributed by atoms with Gasteiger partial charge in [0.25, 0.3) is 0 Å². The van der Waals surface area contributed by atoms with E-state index in [0.717, 1.165) is 5.56 Å². The monoisotopic (exact) mass is 290 g/mol. The van der Waals surface area contributed by atoms with E-state index in [0.29, 0.717) is 17.0 Å². The first-order valence-corrected chi connectivity index (χ1v) is 6.83. The molecule has 0 aliphatic carbocycles. The van der Waals surface area contributed by atoms with Gasteiger partial charge in [-0.2, -0.15) is 0 Å². The molecular weight excluding hydrogens is 271 g/mol. The van der Waals surface area contributed by atoms with Gasteiger partial charge >= 0.3 is 0 Å². The maximum absolute atomic E-state index is 13.8. The fourth-order valence-electron chi connectivity index (χ4n) is 2.27. The summed E-state index contributed by atoms with van der Waals surface area (Å²) in [6.45, 7) is 5.39. The van der Waals surface area contributed by atoms with Crippen LogP contribution in [0.3, 0.4) is 0 Å². The molecule has 0 saturated carbocycles. The van der Waals surface area contributed by atoms with Gasteiger partial charge < -0.3 is 9.42 Å². The number of aryl methyl sites for hydroxylation is 2. The van der Waals surface area contributed by atoms with E-state index in [1.54, 1.807) is 44.0 Å². The molecular formula is C16H19FN2O2. The summed E-state index contributed by atoms with van der Waals surface area (Å²) in [6, 6.07) is 6.16. The average molecular weight is 290 g/mol. The zero-order valence-electron chi connectivity index (χ0n) is 12.7. The number of likely N-dealkylation sites (N-methyl/N-ethyl adjacent to an activating group) is 1. The molecule has 0 radical (unpaired) electrons. The molecule has 1 heterocycles. The summed E-state index contributed by atoms with van der Waals surface area (Å²) in [7, 11) is 1.68. The predicted molar refractivity (Wildman–Crippen MR) is 77.3 cm³/mol. The van der Waals surface area contributed by atoms with E-state index < -0.39 is 0 Å². The van der Waals surface area contributed by atoms with E-state index in [2.05, 4.69) is 5.16 Å². The number of hydrogen-bond donors (Lipinski definition) is 0. The zero-order chi connectivity index (χ0) is 15.6. The highest BCUT2D eigenvalue weighted by Crippen LogP contribution is 2.23. The minimum atomic E-state index is -0.334. The molecule has 0 spiro atoms. The van der Waals surface area contributed by atoms with Crippen molar-refractivity contribution < 1.29 is 13.7 Å². The SMILES string of the molecule is Cc1noc(C)c1CC(=O)N(C)C(C)c1ccccc1F. The standard InChI is InChI=1S/C16H19FN2O2/c1-10-14(12(3)21-18-10)9-16(20)19(4)11(2)13-7-5-6-8-15(13)17/h5-8,11H,9H2,1-4H3. The van der Waals surface area contributed by atoms with Crippen LogP contribution in [-0.4, -0.2) is 23.0 Å². The van der Waals surface area contributed by atoms with Gasteiger partial charge in [-0.15, -0.1) is 0 Å². The minimum Gasteiger partial charge on any atom is -0.361 e. The topological polar surface area (TPSA) is 46.3 Å².